The Morgan fingerprint density at radius 3 is 2.27 bits per heavy atom. The second kappa shape index (κ2) is 7.26. The Labute approximate surface area is 91.6 Å². The molecule has 0 bridgehead atoms. The summed E-state index contributed by atoms with van der Waals surface area (Å²) in [5.74, 6) is -0.507. The number of nitrogens with one attached hydrogen (secondary N) is 1. The molecule has 0 aromatic rings. The van der Waals surface area contributed by atoms with E-state index in [0.29, 0.717) is 6.42 Å². The highest BCUT2D eigenvalue weighted by Crippen LogP contribution is 2.03. The van der Waals surface area contributed by atoms with E-state index in [-0.39, 0.29) is 11.8 Å². The molecule has 0 saturated heterocycles. The standard InChI is InChI=1S/C11H22N2O2/c1-4-5-6-7-9(14)13-10(8(2)3)11(12)15/h8,10H,4-7H2,1-3H3,(H2,12,15)(H,13,14). The maximum absolute atomic E-state index is 11.4. The van der Waals surface area contributed by atoms with Gasteiger partial charge in [0.05, 0.1) is 0 Å². The zero-order valence-electron chi connectivity index (χ0n) is 9.88. The Bertz CT molecular complexity index is 215. The average Bonchev–Trinajstić information content (AvgIpc) is 2.13. The molecular weight excluding hydrogens is 192 g/mol. The first-order valence-corrected chi connectivity index (χ1v) is 5.57. The third kappa shape index (κ3) is 6.10. The van der Waals surface area contributed by atoms with Crippen molar-refractivity contribution < 1.29 is 9.59 Å². The van der Waals surface area contributed by atoms with Crippen LogP contribution in [0.1, 0.15) is 46.5 Å². The molecule has 1 atom stereocenters. The van der Waals surface area contributed by atoms with Crippen LogP contribution < -0.4 is 11.1 Å². The Balaban J connectivity index is 3.95. The molecule has 0 aliphatic rings. The van der Waals surface area contributed by atoms with Crippen molar-refractivity contribution >= 4 is 11.8 Å². The molecule has 4 nitrogen and oxygen atoms in total. The van der Waals surface area contributed by atoms with Gasteiger partial charge in [-0.3, -0.25) is 9.59 Å². The minimum Gasteiger partial charge on any atom is -0.368 e. The highest BCUT2D eigenvalue weighted by atomic mass is 16.2. The molecule has 0 rings (SSSR count). The molecule has 0 aliphatic heterocycles. The lowest BCUT2D eigenvalue weighted by atomic mass is 10.0. The van der Waals surface area contributed by atoms with Crippen LogP contribution in [0.5, 0.6) is 0 Å². The number of hydrogen-bond acceptors (Lipinski definition) is 2. The van der Waals surface area contributed by atoms with E-state index in [1.807, 2.05) is 13.8 Å². The van der Waals surface area contributed by atoms with E-state index in [4.69, 9.17) is 5.73 Å². The molecule has 0 aromatic heterocycles. The van der Waals surface area contributed by atoms with Crippen LogP contribution in [0.4, 0.5) is 0 Å². The van der Waals surface area contributed by atoms with E-state index in [9.17, 15) is 9.59 Å². The van der Waals surface area contributed by atoms with Crippen molar-refractivity contribution in [3.8, 4) is 0 Å². The van der Waals surface area contributed by atoms with Crippen LogP contribution in [0.25, 0.3) is 0 Å². The molecule has 0 aromatic carbocycles. The van der Waals surface area contributed by atoms with E-state index in [0.717, 1.165) is 19.3 Å². The SMILES string of the molecule is CCCCCC(=O)NC(C(N)=O)C(C)C. The summed E-state index contributed by atoms with van der Waals surface area (Å²) in [5, 5.41) is 2.66. The second-order valence-electron chi connectivity index (χ2n) is 4.15. The molecule has 3 N–H and O–H groups in total. The molecule has 4 heteroatoms. The average molecular weight is 214 g/mol. The van der Waals surface area contributed by atoms with Crippen LogP contribution >= 0.6 is 0 Å². The van der Waals surface area contributed by atoms with Crippen molar-refractivity contribution in [2.24, 2.45) is 11.7 Å². The van der Waals surface area contributed by atoms with E-state index in [2.05, 4.69) is 12.2 Å². The van der Waals surface area contributed by atoms with Crippen molar-refractivity contribution in [1.82, 2.24) is 5.32 Å². The van der Waals surface area contributed by atoms with Gasteiger partial charge in [-0.1, -0.05) is 33.6 Å². The summed E-state index contributed by atoms with van der Waals surface area (Å²) in [6.45, 7) is 5.81. The smallest absolute Gasteiger partial charge is 0.240 e. The lowest BCUT2D eigenvalue weighted by molar-refractivity contribution is -0.128. The van der Waals surface area contributed by atoms with Gasteiger partial charge in [0.25, 0.3) is 0 Å². The van der Waals surface area contributed by atoms with Crippen LogP contribution in [0.3, 0.4) is 0 Å². The molecule has 2 amide bonds. The summed E-state index contributed by atoms with van der Waals surface area (Å²) < 4.78 is 0. The topological polar surface area (TPSA) is 72.2 Å². The van der Waals surface area contributed by atoms with E-state index >= 15 is 0 Å². The third-order valence-electron chi connectivity index (χ3n) is 2.30. The molecule has 0 spiro atoms. The van der Waals surface area contributed by atoms with Gasteiger partial charge in [0, 0.05) is 6.42 Å². The summed E-state index contributed by atoms with van der Waals surface area (Å²) in [4.78, 5) is 22.4. The number of nitrogens with two attached hydrogens (primary N) is 1. The molecule has 88 valence electrons. The molecule has 1 unspecified atom stereocenters. The van der Waals surface area contributed by atoms with Crippen molar-refractivity contribution in [3.63, 3.8) is 0 Å². The van der Waals surface area contributed by atoms with Gasteiger partial charge in [0.2, 0.25) is 11.8 Å². The lowest BCUT2D eigenvalue weighted by Gasteiger charge is -2.18. The predicted octanol–water partition coefficient (Wildman–Crippen LogP) is 1.19. The Morgan fingerprint density at radius 1 is 1.27 bits per heavy atom. The number of carbonyl (C=O) groups excluding carboxylic acids is 2. The first-order valence-electron chi connectivity index (χ1n) is 5.57. The van der Waals surface area contributed by atoms with Gasteiger partial charge in [-0.25, -0.2) is 0 Å². The van der Waals surface area contributed by atoms with Gasteiger partial charge in [-0.15, -0.1) is 0 Å². The summed E-state index contributed by atoms with van der Waals surface area (Å²) in [5.41, 5.74) is 5.19. The molecule has 0 fully saturated rings. The molecule has 0 saturated carbocycles. The van der Waals surface area contributed by atoms with Crippen LogP contribution in [-0.4, -0.2) is 17.9 Å². The van der Waals surface area contributed by atoms with E-state index in [1.165, 1.54) is 0 Å². The normalized spacial score (nSPS) is 12.5. The van der Waals surface area contributed by atoms with Crippen molar-refractivity contribution in [1.29, 1.82) is 0 Å². The van der Waals surface area contributed by atoms with Crippen molar-refractivity contribution in [2.45, 2.75) is 52.5 Å². The lowest BCUT2D eigenvalue weighted by Crippen LogP contribution is -2.47. The van der Waals surface area contributed by atoms with Gasteiger partial charge in [0.15, 0.2) is 0 Å². The zero-order valence-corrected chi connectivity index (χ0v) is 9.88. The van der Waals surface area contributed by atoms with Gasteiger partial charge in [-0.2, -0.15) is 0 Å². The summed E-state index contributed by atoms with van der Waals surface area (Å²) >= 11 is 0. The molecule has 0 aliphatic carbocycles. The summed E-state index contributed by atoms with van der Waals surface area (Å²) in [6, 6.07) is -0.542. The molecule has 15 heavy (non-hydrogen) atoms. The van der Waals surface area contributed by atoms with Crippen LogP contribution in [0, 0.1) is 5.92 Å². The summed E-state index contributed by atoms with van der Waals surface area (Å²) in [6.07, 6.45) is 3.46. The van der Waals surface area contributed by atoms with Crippen molar-refractivity contribution in [3.05, 3.63) is 0 Å². The number of unbranched alkanes of at least 4 members (excludes halogenated alkanes) is 2. The fraction of sp³-hybridized carbons (Fsp3) is 0.818. The fourth-order valence-electron chi connectivity index (χ4n) is 1.35. The third-order valence-corrected chi connectivity index (χ3v) is 2.30. The zero-order chi connectivity index (χ0) is 11.8. The van der Waals surface area contributed by atoms with E-state index < -0.39 is 11.9 Å². The Kier molecular flexibility index (Phi) is 6.75. The minimum absolute atomic E-state index is 0.0395. The number of rotatable bonds is 7. The molecule has 0 heterocycles. The first kappa shape index (κ1) is 13.9. The number of amides is 2. The minimum atomic E-state index is -0.542. The van der Waals surface area contributed by atoms with Gasteiger partial charge in [-0.05, 0) is 12.3 Å². The summed E-state index contributed by atoms with van der Waals surface area (Å²) in [7, 11) is 0. The van der Waals surface area contributed by atoms with Gasteiger partial charge < -0.3 is 11.1 Å². The van der Waals surface area contributed by atoms with E-state index in [1.54, 1.807) is 0 Å². The largest absolute Gasteiger partial charge is 0.368 e. The highest BCUT2D eigenvalue weighted by Gasteiger charge is 2.20. The van der Waals surface area contributed by atoms with Crippen molar-refractivity contribution in [2.75, 3.05) is 0 Å². The number of hydrogen-bond donors (Lipinski definition) is 2. The predicted molar refractivity (Wildman–Crippen MR) is 60.1 cm³/mol. The van der Waals surface area contributed by atoms with Crippen LogP contribution in [-0.2, 0) is 9.59 Å². The first-order chi connectivity index (χ1) is 6.99. The second-order valence-corrected chi connectivity index (χ2v) is 4.15. The monoisotopic (exact) mass is 214 g/mol. The Hall–Kier alpha value is -1.06. The fourth-order valence-corrected chi connectivity index (χ4v) is 1.35. The van der Waals surface area contributed by atoms with Crippen LogP contribution in [0.15, 0.2) is 0 Å². The Morgan fingerprint density at radius 2 is 1.87 bits per heavy atom. The number of carbonyl (C=O) groups is 2. The quantitative estimate of drug-likeness (QED) is 0.625. The molecule has 0 radical (unpaired) electrons. The highest BCUT2D eigenvalue weighted by molar-refractivity contribution is 5.86. The maximum atomic E-state index is 11.4. The molecular formula is C11H22N2O2. The van der Waals surface area contributed by atoms with Crippen LogP contribution in [0.2, 0.25) is 0 Å². The van der Waals surface area contributed by atoms with Gasteiger partial charge in [0.1, 0.15) is 6.04 Å². The number of primary amides is 1. The van der Waals surface area contributed by atoms with Gasteiger partial charge >= 0.3 is 0 Å². The maximum Gasteiger partial charge on any atom is 0.240 e.